The molecule has 27 heavy (non-hydrogen) atoms. The Morgan fingerprint density at radius 2 is 1.81 bits per heavy atom. The molecule has 5 nitrogen and oxygen atoms in total. The second kappa shape index (κ2) is 7.61. The zero-order chi connectivity index (χ0) is 19.8. The lowest BCUT2D eigenvalue weighted by molar-refractivity contribution is -0.141. The maximum absolute atomic E-state index is 13.0. The average Bonchev–Trinajstić information content (AvgIpc) is 3.04. The lowest BCUT2D eigenvalue weighted by Crippen LogP contribution is -2.41. The molecule has 2 aliphatic rings. The predicted molar refractivity (Wildman–Crippen MR) is 92.5 cm³/mol. The first-order valence-corrected chi connectivity index (χ1v) is 9.42. The van der Waals surface area contributed by atoms with Crippen LogP contribution in [0.4, 0.5) is 18.0 Å². The van der Waals surface area contributed by atoms with Gasteiger partial charge in [0.05, 0.1) is 19.8 Å². The molecule has 0 aromatic heterocycles. The largest absolute Gasteiger partial charge is 0.468 e. The molecule has 148 valence electrons. The number of hydrogen-bond donors (Lipinski definition) is 0. The van der Waals surface area contributed by atoms with E-state index in [9.17, 15) is 22.8 Å². The zero-order valence-electron chi connectivity index (χ0n) is 14.9. The highest BCUT2D eigenvalue weighted by molar-refractivity contribution is 8.01. The van der Waals surface area contributed by atoms with Crippen LogP contribution >= 0.6 is 11.8 Å². The van der Waals surface area contributed by atoms with E-state index in [1.807, 2.05) is 0 Å². The van der Waals surface area contributed by atoms with Gasteiger partial charge in [0.25, 0.3) is 0 Å². The summed E-state index contributed by atoms with van der Waals surface area (Å²) in [6.07, 6.45) is -3.53. The van der Waals surface area contributed by atoms with E-state index < -0.39 is 29.1 Å². The number of rotatable bonds is 2. The molecule has 1 saturated heterocycles. The number of likely N-dealkylation sites (tertiary alicyclic amines) is 1. The van der Waals surface area contributed by atoms with Crippen LogP contribution in [0.15, 0.2) is 23.1 Å². The molecule has 0 aliphatic carbocycles. The fourth-order valence-electron chi connectivity index (χ4n) is 3.84. The van der Waals surface area contributed by atoms with Gasteiger partial charge in [0.15, 0.2) is 0 Å². The van der Waals surface area contributed by atoms with Crippen LogP contribution in [0.25, 0.3) is 0 Å². The maximum Gasteiger partial charge on any atom is 0.416 e. The Labute approximate surface area is 159 Å². The van der Waals surface area contributed by atoms with E-state index in [1.54, 1.807) is 4.90 Å². The second-order valence-electron chi connectivity index (χ2n) is 6.63. The van der Waals surface area contributed by atoms with Crippen molar-refractivity contribution in [1.82, 2.24) is 4.90 Å². The van der Waals surface area contributed by atoms with E-state index in [0.717, 1.165) is 29.5 Å². The first-order chi connectivity index (χ1) is 12.8. The molecule has 0 bridgehead atoms. The summed E-state index contributed by atoms with van der Waals surface area (Å²) >= 11 is 1.13. The van der Waals surface area contributed by atoms with Crippen molar-refractivity contribution >= 4 is 23.8 Å². The van der Waals surface area contributed by atoms with Crippen LogP contribution in [-0.2, 0) is 20.4 Å². The molecule has 1 amide bonds. The van der Waals surface area contributed by atoms with Gasteiger partial charge >= 0.3 is 18.2 Å². The van der Waals surface area contributed by atoms with E-state index in [2.05, 4.69) is 0 Å². The number of fused-ring (bicyclic) bond motifs is 1. The van der Waals surface area contributed by atoms with Crippen LogP contribution in [0.2, 0.25) is 0 Å². The van der Waals surface area contributed by atoms with Gasteiger partial charge in [-0.05, 0) is 36.5 Å². The molecule has 2 aliphatic heterocycles. The number of esters is 1. The second-order valence-corrected chi connectivity index (χ2v) is 7.82. The molecule has 3 rings (SSSR count). The summed E-state index contributed by atoms with van der Waals surface area (Å²) in [6, 6.07) is 3.65. The number of carbonyl (C=O) groups is 2. The maximum atomic E-state index is 13.0. The Kier molecular flexibility index (Phi) is 5.60. The van der Waals surface area contributed by atoms with Crippen LogP contribution in [-0.4, -0.2) is 49.5 Å². The van der Waals surface area contributed by atoms with Crippen LogP contribution in [0.5, 0.6) is 0 Å². The normalized spacial score (nSPS) is 23.1. The number of carbonyl (C=O) groups excluding carboxylic acids is 2. The number of alkyl halides is 3. The molecule has 0 radical (unpaired) electrons. The van der Waals surface area contributed by atoms with Crippen molar-refractivity contribution < 1.29 is 32.2 Å². The summed E-state index contributed by atoms with van der Waals surface area (Å²) in [5, 5.41) is -0.580. The SMILES string of the molecule is COC(=O)C1Sc2cc(C(F)(F)F)ccc2C1C1CCN(C(=O)OC)CC1. The number of nitrogens with zero attached hydrogens (tertiary/aromatic N) is 1. The Morgan fingerprint density at radius 1 is 1.15 bits per heavy atom. The van der Waals surface area contributed by atoms with Gasteiger partial charge in [0.1, 0.15) is 5.25 Å². The molecule has 2 heterocycles. The lowest BCUT2D eigenvalue weighted by Gasteiger charge is -2.35. The Morgan fingerprint density at radius 3 is 2.37 bits per heavy atom. The third kappa shape index (κ3) is 3.88. The number of ether oxygens (including phenoxy) is 2. The first-order valence-electron chi connectivity index (χ1n) is 8.54. The van der Waals surface area contributed by atoms with Crippen molar-refractivity contribution in [2.75, 3.05) is 27.3 Å². The van der Waals surface area contributed by atoms with Crippen molar-refractivity contribution in [3.8, 4) is 0 Å². The Balaban J connectivity index is 1.87. The number of hydrogen-bond acceptors (Lipinski definition) is 5. The van der Waals surface area contributed by atoms with Crippen molar-refractivity contribution in [3.63, 3.8) is 0 Å². The summed E-state index contributed by atoms with van der Waals surface area (Å²) in [4.78, 5) is 26.0. The van der Waals surface area contributed by atoms with Gasteiger partial charge in [-0.15, -0.1) is 11.8 Å². The van der Waals surface area contributed by atoms with E-state index in [4.69, 9.17) is 9.47 Å². The van der Waals surface area contributed by atoms with Gasteiger partial charge in [-0.1, -0.05) is 6.07 Å². The van der Waals surface area contributed by atoms with Gasteiger partial charge in [-0.25, -0.2) is 4.79 Å². The lowest BCUT2D eigenvalue weighted by atomic mass is 9.78. The van der Waals surface area contributed by atoms with Crippen molar-refractivity contribution in [3.05, 3.63) is 29.3 Å². The van der Waals surface area contributed by atoms with Crippen molar-refractivity contribution in [2.24, 2.45) is 5.92 Å². The predicted octanol–water partition coefficient (Wildman–Crippen LogP) is 3.91. The highest BCUT2D eigenvalue weighted by atomic mass is 32.2. The standard InChI is InChI=1S/C18H20F3NO4S/c1-25-16(23)15-14(10-5-7-22(8-6-10)17(24)26-2)12-4-3-11(18(19,20)21)9-13(12)27-15/h3-4,9-10,14-15H,5-8H2,1-2H3. The molecule has 9 heteroatoms. The smallest absolute Gasteiger partial charge is 0.416 e. The molecule has 0 N–H and O–H groups in total. The summed E-state index contributed by atoms with van der Waals surface area (Å²) < 4.78 is 48.7. The fourth-order valence-corrected chi connectivity index (χ4v) is 5.36. The number of piperidine rings is 1. The van der Waals surface area contributed by atoms with Gasteiger partial charge in [-0.2, -0.15) is 13.2 Å². The summed E-state index contributed by atoms with van der Waals surface area (Å²) in [5.74, 6) is -0.606. The molecule has 0 saturated carbocycles. The number of amides is 1. The minimum absolute atomic E-state index is 0.0699. The van der Waals surface area contributed by atoms with E-state index in [1.165, 1.54) is 20.3 Å². The molecule has 1 aromatic rings. The van der Waals surface area contributed by atoms with Gasteiger partial charge in [-0.3, -0.25) is 4.79 Å². The molecular formula is C18H20F3NO4S. The third-order valence-corrected chi connectivity index (χ3v) is 6.54. The van der Waals surface area contributed by atoms with E-state index in [0.29, 0.717) is 30.8 Å². The Bertz CT molecular complexity index is 732. The fraction of sp³-hybridized carbons (Fsp3) is 0.556. The highest BCUT2D eigenvalue weighted by Crippen LogP contribution is 2.52. The van der Waals surface area contributed by atoms with Crippen LogP contribution in [0.1, 0.15) is 29.9 Å². The number of methoxy groups -OCH3 is 2. The molecule has 2 unspecified atom stereocenters. The van der Waals surface area contributed by atoms with Crippen molar-refractivity contribution in [2.45, 2.75) is 35.1 Å². The molecule has 0 spiro atoms. The van der Waals surface area contributed by atoms with Gasteiger partial charge < -0.3 is 14.4 Å². The quantitative estimate of drug-likeness (QED) is 0.701. The highest BCUT2D eigenvalue weighted by Gasteiger charge is 2.45. The first kappa shape index (κ1) is 19.9. The minimum Gasteiger partial charge on any atom is -0.468 e. The molecule has 1 aromatic carbocycles. The minimum atomic E-state index is -4.43. The monoisotopic (exact) mass is 403 g/mol. The Hall–Kier alpha value is -1.90. The summed E-state index contributed by atoms with van der Waals surface area (Å²) in [5.41, 5.74) is 0.0263. The summed E-state index contributed by atoms with van der Waals surface area (Å²) in [6.45, 7) is 0.977. The molecule has 1 fully saturated rings. The number of thioether (sulfide) groups is 1. The van der Waals surface area contributed by atoms with Crippen molar-refractivity contribution in [1.29, 1.82) is 0 Å². The topological polar surface area (TPSA) is 55.8 Å². The number of halogens is 3. The number of benzene rings is 1. The van der Waals surface area contributed by atoms with Crippen LogP contribution in [0, 0.1) is 5.92 Å². The summed E-state index contributed by atoms with van der Waals surface area (Å²) in [7, 11) is 2.60. The van der Waals surface area contributed by atoms with E-state index in [-0.39, 0.29) is 11.8 Å². The van der Waals surface area contributed by atoms with E-state index >= 15 is 0 Å². The van der Waals surface area contributed by atoms with Gasteiger partial charge in [0, 0.05) is 23.9 Å². The molecule has 2 atom stereocenters. The third-order valence-electron chi connectivity index (χ3n) is 5.19. The molecular weight excluding hydrogens is 383 g/mol. The zero-order valence-corrected chi connectivity index (χ0v) is 15.7. The van der Waals surface area contributed by atoms with Gasteiger partial charge in [0.2, 0.25) is 0 Å². The average molecular weight is 403 g/mol. The van der Waals surface area contributed by atoms with Crippen LogP contribution < -0.4 is 0 Å². The van der Waals surface area contributed by atoms with Crippen LogP contribution in [0.3, 0.4) is 0 Å².